The summed E-state index contributed by atoms with van der Waals surface area (Å²) >= 11 is 0. The first-order valence-corrected chi connectivity index (χ1v) is 13.4. The summed E-state index contributed by atoms with van der Waals surface area (Å²) in [6.45, 7) is 6.99. The van der Waals surface area contributed by atoms with E-state index in [4.69, 9.17) is 4.84 Å². The highest BCUT2D eigenvalue weighted by Gasteiger charge is 2.59. The van der Waals surface area contributed by atoms with E-state index < -0.39 is 0 Å². The van der Waals surface area contributed by atoms with E-state index in [0.29, 0.717) is 24.2 Å². The van der Waals surface area contributed by atoms with E-state index in [1.54, 1.807) is 6.20 Å². The molecule has 0 spiro atoms. The van der Waals surface area contributed by atoms with Crippen LogP contribution >= 0.6 is 0 Å². The molecule has 4 aliphatic rings. The monoisotopic (exact) mass is 477 g/mol. The summed E-state index contributed by atoms with van der Waals surface area (Å²) in [5, 5.41) is 7.14. The van der Waals surface area contributed by atoms with Gasteiger partial charge < -0.3 is 10.2 Å². The second-order valence-corrected chi connectivity index (χ2v) is 11.7. The molecule has 1 aromatic rings. The minimum absolute atomic E-state index is 0.0843. The van der Waals surface area contributed by atoms with Crippen molar-refractivity contribution in [2.24, 2.45) is 39.7 Å². The van der Waals surface area contributed by atoms with E-state index in [1.165, 1.54) is 31.3 Å². The first-order chi connectivity index (χ1) is 16.8. The number of fused-ring (bicyclic) bond motifs is 5. The van der Waals surface area contributed by atoms with E-state index in [2.05, 4.69) is 35.4 Å². The molecular weight excluding hydrogens is 438 g/mol. The lowest BCUT2D eigenvalue weighted by atomic mass is 9.46. The van der Waals surface area contributed by atoms with Crippen LogP contribution in [0.1, 0.15) is 77.8 Å². The second kappa shape index (κ2) is 9.51. The smallest absolute Gasteiger partial charge is 0.261 e. The lowest BCUT2D eigenvalue weighted by molar-refractivity contribution is -0.128. The lowest BCUT2D eigenvalue weighted by Gasteiger charge is -2.58. The highest BCUT2D eigenvalue weighted by atomic mass is 16.6. The summed E-state index contributed by atoms with van der Waals surface area (Å²) in [5.41, 5.74) is 3.70. The number of amides is 1. The minimum Gasteiger partial charge on any atom is -0.385 e. The number of hydrogen-bond donors (Lipinski definition) is 1. The molecule has 5 rings (SSSR count). The summed E-state index contributed by atoms with van der Waals surface area (Å²) in [7, 11) is 0. The maximum atomic E-state index is 12.4. The van der Waals surface area contributed by atoms with Crippen molar-refractivity contribution in [1.29, 1.82) is 0 Å². The third kappa shape index (κ3) is 4.45. The predicted octanol–water partition coefficient (Wildman–Crippen LogP) is 5.24. The normalized spacial score (nSPS) is 37.0. The van der Waals surface area contributed by atoms with Crippen molar-refractivity contribution < 1.29 is 14.4 Å². The molecule has 0 radical (unpaired) electrons. The molecule has 6 nitrogen and oxygen atoms in total. The molecule has 0 saturated heterocycles. The third-order valence-corrected chi connectivity index (χ3v) is 10.0. The number of nitrogens with zero attached hydrogens (tertiary/aromatic N) is 2. The standard InChI is InChI=1S/C29H39N3O3/c1-19(33)24-9-10-25-23-8-7-20-16-21(11-13-28(20,2)26(23)12-14-29(24,25)3)32-35-18-27(34)31-17-22-6-4-5-15-30-22/h4-6,15-16,23-26H,7-14,17-18H2,1-3H3,(H,31,34)/b32-21+/t23-,24+,25-,26-,28-,29+/m0/s1. The average Bonchev–Trinajstić information content (AvgIpc) is 3.21. The van der Waals surface area contributed by atoms with Gasteiger partial charge in [-0.05, 0) is 105 Å². The SMILES string of the molecule is CC(=O)[C@H]1CC[C@H]2[C@@H]3CCC4=C/C(=N/OCC(=O)NCc5ccccn5)CC[C@]4(C)[C@H]3CC[C@]12C. The number of nitrogens with one attached hydrogen (secondary N) is 1. The van der Waals surface area contributed by atoms with Crippen LogP contribution in [0.5, 0.6) is 0 Å². The van der Waals surface area contributed by atoms with Gasteiger partial charge in [-0.15, -0.1) is 0 Å². The molecular formula is C29H39N3O3. The first-order valence-electron chi connectivity index (χ1n) is 13.4. The zero-order chi connectivity index (χ0) is 24.6. The van der Waals surface area contributed by atoms with E-state index in [0.717, 1.165) is 43.0 Å². The maximum Gasteiger partial charge on any atom is 0.261 e. The van der Waals surface area contributed by atoms with Crippen LogP contribution in [0.25, 0.3) is 0 Å². The van der Waals surface area contributed by atoms with E-state index in [1.807, 2.05) is 25.1 Å². The Hall–Kier alpha value is -2.50. The number of carbonyl (C=O) groups is 2. The van der Waals surface area contributed by atoms with Gasteiger partial charge in [-0.2, -0.15) is 0 Å². The summed E-state index contributed by atoms with van der Waals surface area (Å²) < 4.78 is 0. The van der Waals surface area contributed by atoms with Crippen LogP contribution in [0.2, 0.25) is 0 Å². The van der Waals surface area contributed by atoms with Crippen molar-refractivity contribution in [1.82, 2.24) is 10.3 Å². The number of allylic oxidation sites excluding steroid dienone is 2. The van der Waals surface area contributed by atoms with Gasteiger partial charge in [-0.3, -0.25) is 14.6 Å². The van der Waals surface area contributed by atoms with Crippen LogP contribution in [-0.2, 0) is 21.0 Å². The molecule has 35 heavy (non-hydrogen) atoms. The molecule has 188 valence electrons. The maximum absolute atomic E-state index is 12.4. The predicted molar refractivity (Wildman–Crippen MR) is 135 cm³/mol. The fraction of sp³-hybridized carbons (Fsp3) is 0.655. The van der Waals surface area contributed by atoms with Gasteiger partial charge in [-0.1, -0.05) is 30.6 Å². The summed E-state index contributed by atoms with van der Waals surface area (Å²) in [5.74, 6) is 2.60. The number of pyridine rings is 1. The summed E-state index contributed by atoms with van der Waals surface area (Å²) in [6.07, 6.45) is 13.0. The Morgan fingerprint density at radius 3 is 2.74 bits per heavy atom. The van der Waals surface area contributed by atoms with Gasteiger partial charge in [-0.25, -0.2) is 0 Å². The largest absolute Gasteiger partial charge is 0.385 e. The van der Waals surface area contributed by atoms with Gasteiger partial charge in [0.1, 0.15) is 5.78 Å². The first kappa shape index (κ1) is 24.2. The zero-order valence-corrected chi connectivity index (χ0v) is 21.4. The van der Waals surface area contributed by atoms with Crippen molar-refractivity contribution in [2.75, 3.05) is 6.61 Å². The average molecular weight is 478 g/mol. The number of Topliss-reactive ketones (excluding diaryl/α,β-unsaturated/α-hetero) is 1. The van der Waals surface area contributed by atoms with Crippen molar-refractivity contribution in [3.8, 4) is 0 Å². The summed E-state index contributed by atoms with van der Waals surface area (Å²) in [4.78, 5) is 34.1. The van der Waals surface area contributed by atoms with Crippen LogP contribution in [0.3, 0.4) is 0 Å². The molecule has 3 fully saturated rings. The fourth-order valence-electron chi connectivity index (χ4n) is 8.23. The molecule has 0 aliphatic heterocycles. The topological polar surface area (TPSA) is 80.6 Å². The molecule has 6 atom stereocenters. The lowest BCUT2D eigenvalue weighted by Crippen LogP contribution is -2.51. The summed E-state index contributed by atoms with van der Waals surface area (Å²) in [6, 6.07) is 5.63. The van der Waals surface area contributed by atoms with Crippen LogP contribution < -0.4 is 5.32 Å². The Balaban J connectivity index is 1.20. The Labute approximate surface area is 209 Å². The van der Waals surface area contributed by atoms with Crippen LogP contribution in [0.4, 0.5) is 0 Å². The molecule has 1 amide bonds. The molecule has 1 N–H and O–H groups in total. The Morgan fingerprint density at radius 1 is 1.11 bits per heavy atom. The molecule has 1 aromatic heterocycles. The number of oxime groups is 1. The van der Waals surface area contributed by atoms with Crippen molar-refractivity contribution in [2.45, 2.75) is 78.7 Å². The van der Waals surface area contributed by atoms with Gasteiger partial charge in [0.05, 0.1) is 18.0 Å². The van der Waals surface area contributed by atoms with Gasteiger partial charge in [0.25, 0.3) is 5.91 Å². The number of rotatable bonds is 6. The third-order valence-electron chi connectivity index (χ3n) is 10.0. The Bertz CT molecular complexity index is 1030. The van der Waals surface area contributed by atoms with E-state index >= 15 is 0 Å². The number of ketones is 1. The zero-order valence-electron chi connectivity index (χ0n) is 21.4. The molecule has 0 unspecified atom stereocenters. The molecule has 6 heteroatoms. The van der Waals surface area contributed by atoms with Gasteiger partial charge in [0, 0.05) is 12.1 Å². The van der Waals surface area contributed by atoms with Gasteiger partial charge in [0.15, 0.2) is 6.61 Å². The quantitative estimate of drug-likeness (QED) is 0.568. The highest BCUT2D eigenvalue weighted by Crippen LogP contribution is 2.66. The highest BCUT2D eigenvalue weighted by molar-refractivity contribution is 5.96. The molecule has 0 bridgehead atoms. The van der Waals surface area contributed by atoms with Crippen LogP contribution in [-0.4, -0.2) is 29.0 Å². The number of aromatic nitrogens is 1. The molecule has 1 heterocycles. The number of hydrogen-bond acceptors (Lipinski definition) is 5. The second-order valence-electron chi connectivity index (χ2n) is 11.7. The van der Waals surface area contributed by atoms with E-state index in [9.17, 15) is 9.59 Å². The number of carbonyl (C=O) groups excluding carboxylic acids is 2. The molecule has 3 saturated carbocycles. The van der Waals surface area contributed by atoms with Crippen molar-refractivity contribution in [3.63, 3.8) is 0 Å². The Morgan fingerprint density at radius 2 is 1.97 bits per heavy atom. The van der Waals surface area contributed by atoms with Gasteiger partial charge >= 0.3 is 0 Å². The van der Waals surface area contributed by atoms with E-state index in [-0.39, 0.29) is 29.3 Å². The van der Waals surface area contributed by atoms with Gasteiger partial charge in [0.2, 0.25) is 0 Å². The van der Waals surface area contributed by atoms with Crippen LogP contribution in [0.15, 0.2) is 41.2 Å². The fourth-order valence-corrected chi connectivity index (χ4v) is 8.23. The van der Waals surface area contributed by atoms with Crippen molar-refractivity contribution >= 4 is 17.4 Å². The minimum atomic E-state index is -0.195. The van der Waals surface area contributed by atoms with Crippen LogP contribution in [0, 0.1) is 34.5 Å². The molecule has 0 aromatic carbocycles. The Kier molecular flexibility index (Phi) is 6.58. The molecule has 4 aliphatic carbocycles. The van der Waals surface area contributed by atoms with Crippen molar-refractivity contribution in [3.05, 3.63) is 41.7 Å².